The summed E-state index contributed by atoms with van der Waals surface area (Å²) >= 11 is 1.21. The highest BCUT2D eigenvalue weighted by Gasteiger charge is 2.29. The van der Waals surface area contributed by atoms with Crippen LogP contribution in [0.3, 0.4) is 0 Å². The molecule has 3 nitrogen and oxygen atoms in total. The fourth-order valence-electron chi connectivity index (χ4n) is 1.62. The largest absolute Gasteiger partial charge is 0.416 e. The van der Waals surface area contributed by atoms with E-state index in [-0.39, 0.29) is 5.78 Å². The number of nitrogens with two attached hydrogens (primary N) is 1. The lowest BCUT2D eigenvalue weighted by atomic mass is 10.1. The highest BCUT2D eigenvalue weighted by molar-refractivity contribution is 8.03. The molecule has 0 bridgehead atoms. The molecule has 0 fully saturated rings. The van der Waals surface area contributed by atoms with E-state index < -0.39 is 11.7 Å². The summed E-state index contributed by atoms with van der Waals surface area (Å²) in [5.74, 6) is 0.138. The number of allylic oxidation sites excluding steroid dienone is 3. The van der Waals surface area contributed by atoms with Gasteiger partial charge in [-0.1, -0.05) is 12.1 Å². The molecule has 0 saturated carbocycles. The molecule has 2 N–H and O–H groups in total. The molecule has 0 amide bonds. The highest BCUT2D eigenvalue weighted by atomic mass is 32.2. The number of carbonyl (C=O) groups is 1. The number of rotatable bonds is 6. The number of halogens is 3. The van der Waals surface area contributed by atoms with Crippen molar-refractivity contribution in [1.29, 1.82) is 0 Å². The quantitative estimate of drug-likeness (QED) is 0.798. The van der Waals surface area contributed by atoms with Crippen molar-refractivity contribution < 1.29 is 18.0 Å². The van der Waals surface area contributed by atoms with Gasteiger partial charge in [0.15, 0.2) is 5.78 Å². The third-order valence-electron chi connectivity index (χ3n) is 2.77. The number of thioether (sulfide) groups is 1. The predicted molar refractivity (Wildman–Crippen MR) is 87.5 cm³/mol. The van der Waals surface area contributed by atoms with Crippen LogP contribution < -0.4 is 5.73 Å². The van der Waals surface area contributed by atoms with Gasteiger partial charge in [-0.2, -0.15) is 13.2 Å². The molecule has 0 aliphatic rings. The molecule has 0 heterocycles. The van der Waals surface area contributed by atoms with Crippen LogP contribution in [-0.2, 0) is 16.7 Å². The van der Waals surface area contributed by atoms with Crippen LogP contribution in [-0.4, -0.2) is 24.8 Å². The van der Waals surface area contributed by atoms with E-state index in [1.165, 1.54) is 30.0 Å². The molecule has 0 unspecified atom stereocenters. The SMILES string of the molecule is C/C(N)=C(/SCc1ccc(C(F)(F)F)cc1)C(=O)/C=C\N(C)C. The zero-order valence-corrected chi connectivity index (χ0v) is 14.0. The van der Waals surface area contributed by atoms with E-state index in [0.717, 1.165) is 12.1 Å². The van der Waals surface area contributed by atoms with E-state index in [9.17, 15) is 18.0 Å². The normalized spacial score (nSPS) is 13.1. The third kappa shape index (κ3) is 6.40. The van der Waals surface area contributed by atoms with Gasteiger partial charge in [0.05, 0.1) is 10.5 Å². The van der Waals surface area contributed by atoms with Crippen LogP contribution in [0.15, 0.2) is 47.1 Å². The Morgan fingerprint density at radius 3 is 2.26 bits per heavy atom. The summed E-state index contributed by atoms with van der Waals surface area (Å²) in [5, 5.41) is 0. The zero-order valence-electron chi connectivity index (χ0n) is 13.1. The Morgan fingerprint density at radius 2 is 1.83 bits per heavy atom. The van der Waals surface area contributed by atoms with E-state index in [4.69, 9.17) is 5.73 Å². The van der Waals surface area contributed by atoms with Crippen molar-refractivity contribution in [3.05, 3.63) is 58.3 Å². The van der Waals surface area contributed by atoms with Crippen molar-refractivity contribution in [3.63, 3.8) is 0 Å². The van der Waals surface area contributed by atoms with Gasteiger partial charge in [-0.3, -0.25) is 4.79 Å². The molecule has 0 radical (unpaired) electrons. The van der Waals surface area contributed by atoms with E-state index >= 15 is 0 Å². The number of benzene rings is 1. The lowest BCUT2D eigenvalue weighted by Gasteiger charge is -2.09. The number of hydrogen-bond acceptors (Lipinski definition) is 4. The molecule has 0 atom stereocenters. The van der Waals surface area contributed by atoms with E-state index in [1.807, 2.05) is 0 Å². The molecule has 0 aliphatic heterocycles. The van der Waals surface area contributed by atoms with Gasteiger partial charge in [0.2, 0.25) is 0 Å². The van der Waals surface area contributed by atoms with E-state index in [2.05, 4.69) is 0 Å². The Hall–Kier alpha value is -1.89. The molecule has 0 aromatic heterocycles. The summed E-state index contributed by atoms with van der Waals surface area (Å²) in [4.78, 5) is 14.2. The van der Waals surface area contributed by atoms with Gasteiger partial charge in [-0.05, 0) is 24.6 Å². The van der Waals surface area contributed by atoms with Crippen LogP contribution in [0, 0.1) is 0 Å². The van der Waals surface area contributed by atoms with Crippen molar-refractivity contribution in [1.82, 2.24) is 4.90 Å². The number of hydrogen-bond donors (Lipinski definition) is 1. The van der Waals surface area contributed by atoms with Crippen LogP contribution in [0.5, 0.6) is 0 Å². The Morgan fingerprint density at radius 1 is 1.26 bits per heavy atom. The summed E-state index contributed by atoms with van der Waals surface area (Å²) < 4.78 is 37.5. The van der Waals surface area contributed by atoms with Crippen molar-refractivity contribution in [3.8, 4) is 0 Å². The Kier molecular flexibility index (Phi) is 6.75. The maximum Gasteiger partial charge on any atom is 0.416 e. The Balaban J connectivity index is 2.77. The average molecular weight is 344 g/mol. The minimum Gasteiger partial charge on any atom is -0.401 e. The average Bonchev–Trinajstić information content (AvgIpc) is 2.44. The van der Waals surface area contributed by atoms with Gasteiger partial charge in [0.25, 0.3) is 0 Å². The highest BCUT2D eigenvalue weighted by Crippen LogP contribution is 2.30. The Labute approximate surface area is 138 Å². The minimum atomic E-state index is -4.35. The molecule has 0 aliphatic carbocycles. The molecule has 1 aromatic rings. The maximum absolute atomic E-state index is 12.5. The van der Waals surface area contributed by atoms with Crippen molar-refractivity contribution in [2.24, 2.45) is 5.73 Å². The fraction of sp³-hybridized carbons (Fsp3) is 0.312. The molecule has 0 saturated heterocycles. The summed E-state index contributed by atoms with van der Waals surface area (Å²) in [6.07, 6.45) is -1.33. The minimum absolute atomic E-state index is 0.226. The van der Waals surface area contributed by atoms with Gasteiger partial charge in [-0.15, -0.1) is 11.8 Å². The smallest absolute Gasteiger partial charge is 0.401 e. The molecule has 23 heavy (non-hydrogen) atoms. The maximum atomic E-state index is 12.5. The lowest BCUT2D eigenvalue weighted by Crippen LogP contribution is -2.07. The Bertz CT molecular complexity index is 601. The first-order valence-electron chi connectivity index (χ1n) is 6.75. The molecule has 1 rings (SSSR count). The summed E-state index contributed by atoms with van der Waals surface area (Å²) in [6.45, 7) is 1.62. The van der Waals surface area contributed by atoms with Crippen LogP contribution in [0.1, 0.15) is 18.1 Å². The topological polar surface area (TPSA) is 46.3 Å². The molecule has 0 spiro atoms. The number of nitrogens with zero attached hydrogens (tertiary/aromatic N) is 1. The second-order valence-corrected chi connectivity index (χ2v) is 6.12. The predicted octanol–water partition coefficient (Wildman–Crippen LogP) is 3.77. The van der Waals surface area contributed by atoms with E-state index in [1.54, 1.807) is 32.1 Å². The number of alkyl halides is 3. The van der Waals surface area contributed by atoms with Crippen LogP contribution in [0.2, 0.25) is 0 Å². The van der Waals surface area contributed by atoms with Crippen molar-refractivity contribution >= 4 is 17.5 Å². The number of carbonyl (C=O) groups excluding carboxylic acids is 1. The van der Waals surface area contributed by atoms with Gasteiger partial charge in [0, 0.05) is 37.8 Å². The molecular weight excluding hydrogens is 325 g/mol. The first-order chi connectivity index (χ1) is 10.6. The second kappa shape index (κ2) is 8.10. The third-order valence-corrected chi connectivity index (χ3v) is 4.06. The first kappa shape index (κ1) is 19.2. The lowest BCUT2D eigenvalue weighted by molar-refractivity contribution is -0.137. The zero-order chi connectivity index (χ0) is 17.6. The van der Waals surface area contributed by atoms with Crippen molar-refractivity contribution in [2.75, 3.05) is 14.1 Å². The van der Waals surface area contributed by atoms with E-state index in [0.29, 0.717) is 21.9 Å². The molecule has 126 valence electrons. The van der Waals surface area contributed by atoms with Crippen LogP contribution in [0.4, 0.5) is 13.2 Å². The van der Waals surface area contributed by atoms with Gasteiger partial charge >= 0.3 is 6.18 Å². The second-order valence-electron chi connectivity index (χ2n) is 5.14. The van der Waals surface area contributed by atoms with Crippen LogP contribution in [0.25, 0.3) is 0 Å². The fourth-order valence-corrected chi connectivity index (χ4v) is 2.56. The van der Waals surface area contributed by atoms with Gasteiger partial charge < -0.3 is 10.6 Å². The monoisotopic (exact) mass is 344 g/mol. The molecule has 1 aromatic carbocycles. The molecule has 7 heteroatoms. The standard InChI is InChI=1S/C16H19F3N2OS/c1-11(20)15(14(22)8-9-21(2)3)23-10-12-4-6-13(7-5-12)16(17,18)19/h4-9H,10,20H2,1-3H3/b9-8-,15-11-. The summed E-state index contributed by atoms with van der Waals surface area (Å²) in [6, 6.07) is 4.86. The summed E-state index contributed by atoms with van der Waals surface area (Å²) in [7, 11) is 3.58. The number of ketones is 1. The summed E-state index contributed by atoms with van der Waals surface area (Å²) in [5.41, 5.74) is 6.11. The molecular formula is C16H19F3N2OS. The van der Waals surface area contributed by atoms with Crippen LogP contribution >= 0.6 is 11.8 Å². The van der Waals surface area contributed by atoms with Gasteiger partial charge in [-0.25, -0.2) is 0 Å². The van der Waals surface area contributed by atoms with Gasteiger partial charge in [0.1, 0.15) is 0 Å². The van der Waals surface area contributed by atoms with Crippen molar-refractivity contribution in [2.45, 2.75) is 18.9 Å². The first-order valence-corrected chi connectivity index (χ1v) is 7.74.